The van der Waals surface area contributed by atoms with Crippen molar-refractivity contribution in [1.82, 2.24) is 10.2 Å². The number of urea groups is 1. The molecule has 3 aliphatic rings. The number of hydrogen-bond acceptors (Lipinski definition) is 6. The number of methoxy groups -OCH3 is 1. The number of esters is 1. The van der Waals surface area contributed by atoms with Crippen LogP contribution in [0.2, 0.25) is 0 Å². The minimum absolute atomic E-state index is 0.0357. The average Bonchev–Trinajstić information content (AvgIpc) is 2.74. The molecule has 8 nitrogen and oxygen atoms in total. The van der Waals surface area contributed by atoms with Gasteiger partial charge in [-0.2, -0.15) is 0 Å². The summed E-state index contributed by atoms with van der Waals surface area (Å²) in [6.45, 7) is 1.14. The lowest BCUT2D eigenvalue weighted by molar-refractivity contribution is -0.113. The Bertz CT molecular complexity index is 1010. The number of aliphatic imine (C=N–C) groups is 1. The molecule has 4 rings (SSSR count). The van der Waals surface area contributed by atoms with Crippen molar-refractivity contribution in [2.45, 2.75) is 6.42 Å². The Balaban J connectivity index is 1.75. The van der Waals surface area contributed by atoms with E-state index in [9.17, 15) is 14.4 Å². The molecule has 2 amide bonds. The van der Waals surface area contributed by atoms with Gasteiger partial charge in [-0.15, -0.1) is 0 Å². The zero-order valence-electron chi connectivity index (χ0n) is 15.9. The summed E-state index contributed by atoms with van der Waals surface area (Å²) in [5.41, 5.74) is 2.16. The number of nitrogens with zero attached hydrogens (tertiary/aromatic N) is 3. The van der Waals surface area contributed by atoms with Gasteiger partial charge in [0.25, 0.3) is 0 Å². The van der Waals surface area contributed by atoms with Crippen molar-refractivity contribution in [3.63, 3.8) is 0 Å². The van der Waals surface area contributed by atoms with Crippen molar-refractivity contribution in [2.75, 3.05) is 31.6 Å². The number of dihydropyridines is 1. The average molecular weight is 392 g/mol. The Labute approximate surface area is 167 Å². The molecule has 0 aliphatic carbocycles. The fraction of sp³-hybridized carbons (Fsp3) is 0.238. The van der Waals surface area contributed by atoms with E-state index in [0.717, 1.165) is 5.57 Å². The van der Waals surface area contributed by atoms with E-state index in [2.05, 4.69) is 10.3 Å². The molecule has 0 saturated heterocycles. The molecule has 1 aromatic carbocycles. The highest BCUT2D eigenvalue weighted by Gasteiger charge is 2.36. The van der Waals surface area contributed by atoms with E-state index in [-0.39, 0.29) is 24.8 Å². The second kappa shape index (κ2) is 7.75. The minimum atomic E-state index is -0.524. The standard InChI is InChI=1S/C21H20N4O4/c1-29-20(27)17-6-2-3-7-18(17)25-19-14(5-4-9-23-19)12-24(21(25)28)13-15-11-16(26)8-10-22-15/h2-7,10-11,23H,8-9,12-13H2,1H3. The molecule has 29 heavy (non-hydrogen) atoms. The number of para-hydroxylation sites is 1. The molecule has 0 saturated carbocycles. The number of allylic oxidation sites excluding steroid dienone is 1. The topological polar surface area (TPSA) is 91.3 Å². The molecule has 1 aromatic rings. The lowest BCUT2D eigenvalue weighted by Crippen LogP contribution is -2.53. The van der Waals surface area contributed by atoms with Crippen molar-refractivity contribution in [2.24, 2.45) is 4.99 Å². The third-order valence-electron chi connectivity index (χ3n) is 4.84. The summed E-state index contributed by atoms with van der Waals surface area (Å²) < 4.78 is 4.89. The normalized spacial score (nSPS) is 18.4. The van der Waals surface area contributed by atoms with Crippen molar-refractivity contribution >= 4 is 29.7 Å². The number of ether oxygens (including phenoxy) is 1. The summed E-state index contributed by atoms with van der Waals surface area (Å²) in [4.78, 5) is 44.8. The largest absolute Gasteiger partial charge is 0.465 e. The Kier molecular flexibility index (Phi) is 4.99. The molecule has 0 aromatic heterocycles. The predicted molar refractivity (Wildman–Crippen MR) is 108 cm³/mol. The van der Waals surface area contributed by atoms with Gasteiger partial charge in [0.1, 0.15) is 5.82 Å². The van der Waals surface area contributed by atoms with E-state index in [1.54, 1.807) is 35.4 Å². The highest BCUT2D eigenvalue weighted by molar-refractivity contribution is 6.05. The van der Waals surface area contributed by atoms with Crippen LogP contribution in [0.3, 0.4) is 0 Å². The fourth-order valence-corrected chi connectivity index (χ4v) is 3.52. The van der Waals surface area contributed by atoms with Gasteiger partial charge < -0.3 is 15.0 Å². The van der Waals surface area contributed by atoms with Crippen molar-refractivity contribution < 1.29 is 19.1 Å². The predicted octanol–water partition coefficient (Wildman–Crippen LogP) is 2.01. The number of ketones is 1. The molecule has 0 unspecified atom stereocenters. The molecule has 0 fully saturated rings. The van der Waals surface area contributed by atoms with Crippen molar-refractivity contribution in [3.05, 3.63) is 65.1 Å². The van der Waals surface area contributed by atoms with Crippen molar-refractivity contribution in [3.8, 4) is 0 Å². The Hall–Kier alpha value is -3.68. The maximum absolute atomic E-state index is 13.4. The summed E-state index contributed by atoms with van der Waals surface area (Å²) in [6, 6.07) is 6.51. The molecule has 3 aliphatic heterocycles. The van der Waals surface area contributed by atoms with E-state index in [4.69, 9.17) is 4.74 Å². The number of hydrogen-bond donors (Lipinski definition) is 1. The van der Waals surface area contributed by atoms with E-state index < -0.39 is 5.97 Å². The monoisotopic (exact) mass is 392 g/mol. The van der Waals surface area contributed by atoms with Crippen LogP contribution in [0.5, 0.6) is 0 Å². The van der Waals surface area contributed by atoms with Crippen LogP contribution >= 0.6 is 0 Å². The SMILES string of the molecule is COC(=O)c1ccccc1N1C(=O)N(CC2=CC(=O)CC=N2)CC2=C1NCC=C2. The minimum Gasteiger partial charge on any atom is -0.465 e. The molecule has 1 N–H and O–H groups in total. The van der Waals surface area contributed by atoms with Gasteiger partial charge in [0, 0.05) is 30.8 Å². The van der Waals surface area contributed by atoms with Crippen LogP contribution < -0.4 is 10.2 Å². The maximum atomic E-state index is 13.4. The van der Waals surface area contributed by atoms with E-state index in [0.29, 0.717) is 35.9 Å². The second-order valence-corrected chi connectivity index (χ2v) is 6.76. The number of amides is 2. The molecular weight excluding hydrogens is 372 g/mol. The van der Waals surface area contributed by atoms with Crippen LogP contribution in [0.4, 0.5) is 10.5 Å². The smallest absolute Gasteiger partial charge is 0.339 e. The second-order valence-electron chi connectivity index (χ2n) is 6.76. The van der Waals surface area contributed by atoms with Gasteiger partial charge in [0.05, 0.1) is 37.1 Å². The fourth-order valence-electron chi connectivity index (χ4n) is 3.52. The first-order chi connectivity index (χ1) is 14.1. The first-order valence-corrected chi connectivity index (χ1v) is 9.24. The number of rotatable bonds is 4. The van der Waals surface area contributed by atoms with Crippen LogP contribution in [0.15, 0.2) is 64.6 Å². The van der Waals surface area contributed by atoms with Crippen LogP contribution in [0.25, 0.3) is 0 Å². The summed E-state index contributed by atoms with van der Waals surface area (Å²) in [5, 5.41) is 3.24. The summed E-state index contributed by atoms with van der Waals surface area (Å²) >= 11 is 0. The third kappa shape index (κ3) is 3.56. The molecule has 0 bridgehead atoms. The zero-order valence-corrected chi connectivity index (χ0v) is 15.9. The molecule has 0 atom stereocenters. The van der Waals surface area contributed by atoms with Crippen molar-refractivity contribution in [1.29, 1.82) is 0 Å². The molecule has 3 heterocycles. The van der Waals surface area contributed by atoms with E-state index in [1.807, 2.05) is 12.2 Å². The highest BCUT2D eigenvalue weighted by Crippen LogP contribution is 2.31. The third-order valence-corrected chi connectivity index (χ3v) is 4.84. The van der Waals surface area contributed by atoms with Gasteiger partial charge in [0.15, 0.2) is 5.78 Å². The molecule has 8 heteroatoms. The molecule has 0 spiro atoms. The van der Waals surface area contributed by atoms with Gasteiger partial charge >= 0.3 is 12.0 Å². The number of nitrogens with one attached hydrogen (secondary N) is 1. The number of benzene rings is 1. The first kappa shape index (κ1) is 18.7. The van der Waals surface area contributed by atoms with Gasteiger partial charge in [0.2, 0.25) is 0 Å². The Morgan fingerprint density at radius 1 is 1.28 bits per heavy atom. The van der Waals surface area contributed by atoms with Crippen LogP contribution in [-0.4, -0.2) is 55.6 Å². The summed E-state index contributed by atoms with van der Waals surface area (Å²) in [5.74, 6) is 0.0815. The van der Waals surface area contributed by atoms with Gasteiger partial charge in [-0.25, -0.2) is 14.5 Å². The Morgan fingerprint density at radius 3 is 2.90 bits per heavy atom. The zero-order chi connectivity index (χ0) is 20.4. The summed E-state index contributed by atoms with van der Waals surface area (Å²) in [7, 11) is 1.31. The number of anilines is 1. The maximum Gasteiger partial charge on any atom is 0.339 e. The quantitative estimate of drug-likeness (QED) is 0.792. The van der Waals surface area contributed by atoms with E-state index in [1.165, 1.54) is 18.1 Å². The van der Waals surface area contributed by atoms with Gasteiger partial charge in [-0.3, -0.25) is 9.79 Å². The number of carbonyl (C=O) groups is 3. The first-order valence-electron chi connectivity index (χ1n) is 9.24. The van der Waals surface area contributed by atoms with Crippen LogP contribution in [-0.2, 0) is 9.53 Å². The lowest BCUT2D eigenvalue weighted by atomic mass is 10.1. The molecular formula is C21H20N4O4. The van der Waals surface area contributed by atoms with E-state index >= 15 is 0 Å². The van der Waals surface area contributed by atoms with Gasteiger partial charge in [-0.1, -0.05) is 24.3 Å². The number of carbonyl (C=O) groups excluding carboxylic acids is 3. The molecule has 0 radical (unpaired) electrons. The van der Waals surface area contributed by atoms with Gasteiger partial charge in [-0.05, 0) is 12.1 Å². The van der Waals surface area contributed by atoms with Crippen LogP contribution in [0.1, 0.15) is 16.8 Å². The summed E-state index contributed by atoms with van der Waals surface area (Å²) in [6.07, 6.45) is 7.24. The lowest BCUT2D eigenvalue weighted by Gasteiger charge is -2.40. The highest BCUT2D eigenvalue weighted by atomic mass is 16.5. The van der Waals surface area contributed by atoms with Crippen LogP contribution in [0, 0.1) is 0 Å². The molecule has 148 valence electrons. The Morgan fingerprint density at radius 2 is 2.10 bits per heavy atom.